The summed E-state index contributed by atoms with van der Waals surface area (Å²) in [5.41, 5.74) is 1.30. The van der Waals surface area contributed by atoms with Gasteiger partial charge in [-0.15, -0.1) is 11.3 Å². The largest absolute Gasteiger partial charge is 0.280 e. The molecule has 3 aromatic rings. The molecule has 0 atom stereocenters. The second kappa shape index (κ2) is 7.67. The number of benzene rings is 2. The third-order valence-corrected chi connectivity index (χ3v) is 7.28. The minimum Gasteiger partial charge on any atom is -0.280 e. The lowest BCUT2D eigenvalue weighted by molar-refractivity contribution is 0.600. The molecule has 0 saturated heterocycles. The van der Waals surface area contributed by atoms with E-state index in [1.54, 1.807) is 17.5 Å². The molecule has 7 nitrogen and oxygen atoms in total. The molecular formula is C17H17N3O4S3. The maximum atomic E-state index is 12.4. The van der Waals surface area contributed by atoms with E-state index in [2.05, 4.69) is 14.4 Å². The monoisotopic (exact) mass is 423 g/mol. The van der Waals surface area contributed by atoms with E-state index in [0.29, 0.717) is 0 Å². The number of hydrogen-bond acceptors (Lipinski definition) is 6. The third kappa shape index (κ3) is 4.65. The van der Waals surface area contributed by atoms with Gasteiger partial charge in [-0.3, -0.25) is 9.44 Å². The zero-order chi connectivity index (χ0) is 19.5. The van der Waals surface area contributed by atoms with Gasteiger partial charge in [0.05, 0.1) is 9.79 Å². The molecule has 10 heteroatoms. The predicted molar refractivity (Wildman–Crippen MR) is 106 cm³/mol. The molecule has 142 valence electrons. The summed E-state index contributed by atoms with van der Waals surface area (Å²) >= 11 is 1.16. The molecule has 0 spiro atoms. The van der Waals surface area contributed by atoms with Gasteiger partial charge in [0.25, 0.3) is 20.0 Å². The Bertz CT molecular complexity index is 1110. The van der Waals surface area contributed by atoms with Crippen molar-refractivity contribution >= 4 is 42.2 Å². The highest BCUT2D eigenvalue weighted by Gasteiger charge is 2.17. The van der Waals surface area contributed by atoms with Gasteiger partial charge in [-0.05, 0) is 48.4 Å². The van der Waals surface area contributed by atoms with Gasteiger partial charge in [-0.2, -0.15) is 0 Å². The number of sulfonamides is 2. The second-order valence-electron chi connectivity index (χ2n) is 5.57. The molecule has 0 radical (unpaired) electrons. The molecule has 3 rings (SSSR count). The van der Waals surface area contributed by atoms with Crippen LogP contribution in [0.1, 0.15) is 12.5 Å². The van der Waals surface area contributed by atoms with Crippen LogP contribution in [0.5, 0.6) is 0 Å². The molecule has 1 heterocycles. The van der Waals surface area contributed by atoms with Gasteiger partial charge in [0, 0.05) is 17.3 Å². The first-order valence-electron chi connectivity index (χ1n) is 7.94. The Hall–Kier alpha value is -2.43. The molecule has 0 fully saturated rings. The highest BCUT2D eigenvalue weighted by Crippen LogP contribution is 2.21. The van der Waals surface area contributed by atoms with Gasteiger partial charge in [0.1, 0.15) is 0 Å². The van der Waals surface area contributed by atoms with Crippen LogP contribution < -0.4 is 9.44 Å². The molecule has 0 aliphatic rings. The van der Waals surface area contributed by atoms with Crippen LogP contribution in [0.3, 0.4) is 0 Å². The molecule has 2 aromatic carbocycles. The van der Waals surface area contributed by atoms with E-state index in [1.807, 2.05) is 6.92 Å². The fraction of sp³-hybridized carbons (Fsp3) is 0.118. The first-order chi connectivity index (χ1) is 12.8. The van der Waals surface area contributed by atoms with Crippen LogP contribution in [-0.4, -0.2) is 21.8 Å². The summed E-state index contributed by atoms with van der Waals surface area (Å²) in [5.74, 6) is 0. The molecule has 27 heavy (non-hydrogen) atoms. The third-order valence-electron chi connectivity index (χ3n) is 3.71. The summed E-state index contributed by atoms with van der Waals surface area (Å²) in [7, 11) is -7.53. The Kier molecular flexibility index (Phi) is 5.49. The first-order valence-corrected chi connectivity index (χ1v) is 11.8. The first kappa shape index (κ1) is 19.3. The molecular weight excluding hydrogens is 406 g/mol. The van der Waals surface area contributed by atoms with Gasteiger partial charge in [0.15, 0.2) is 5.13 Å². The van der Waals surface area contributed by atoms with Crippen molar-refractivity contribution in [2.24, 2.45) is 0 Å². The number of thiazole rings is 1. The van der Waals surface area contributed by atoms with Crippen molar-refractivity contribution in [3.05, 3.63) is 65.7 Å². The van der Waals surface area contributed by atoms with E-state index >= 15 is 0 Å². The number of aryl methyl sites for hydroxylation is 1. The SMILES string of the molecule is CCc1ccc(S(=O)(=O)Nc2ccc(S(=O)(=O)Nc3nccs3)cc2)cc1. The quantitative estimate of drug-likeness (QED) is 0.607. The molecule has 1 aromatic heterocycles. The van der Waals surface area contributed by atoms with Crippen LogP contribution in [-0.2, 0) is 26.5 Å². The normalized spacial score (nSPS) is 11.9. The Morgan fingerprint density at radius 3 is 1.93 bits per heavy atom. The van der Waals surface area contributed by atoms with Gasteiger partial charge in [-0.25, -0.2) is 21.8 Å². The van der Waals surface area contributed by atoms with E-state index in [0.717, 1.165) is 23.3 Å². The van der Waals surface area contributed by atoms with E-state index < -0.39 is 20.0 Å². The van der Waals surface area contributed by atoms with Gasteiger partial charge in [0.2, 0.25) is 0 Å². The molecule has 2 N–H and O–H groups in total. The van der Waals surface area contributed by atoms with Gasteiger partial charge < -0.3 is 0 Å². The number of nitrogens with zero attached hydrogens (tertiary/aromatic N) is 1. The lowest BCUT2D eigenvalue weighted by Gasteiger charge is -2.10. The standard InChI is InChI=1S/C17H17N3O4S3/c1-2-13-3-7-15(8-4-13)26(21,22)19-14-5-9-16(10-6-14)27(23,24)20-17-18-11-12-25-17/h3-12,19H,2H2,1H3,(H,18,20). The summed E-state index contributed by atoms with van der Waals surface area (Å²) in [6.07, 6.45) is 2.31. The van der Waals surface area contributed by atoms with Crippen LogP contribution in [0.2, 0.25) is 0 Å². The van der Waals surface area contributed by atoms with Crippen molar-refractivity contribution in [3.63, 3.8) is 0 Å². The number of hydrogen-bond donors (Lipinski definition) is 2. The average Bonchev–Trinajstić information content (AvgIpc) is 3.14. The topological polar surface area (TPSA) is 105 Å². The summed E-state index contributed by atoms with van der Waals surface area (Å²) in [5, 5.41) is 1.92. The lowest BCUT2D eigenvalue weighted by Crippen LogP contribution is -2.14. The van der Waals surface area contributed by atoms with Crippen molar-refractivity contribution in [2.45, 2.75) is 23.1 Å². The van der Waals surface area contributed by atoms with E-state index in [1.165, 1.54) is 42.6 Å². The average molecular weight is 424 g/mol. The zero-order valence-corrected chi connectivity index (χ0v) is 16.7. The molecule has 0 aliphatic carbocycles. The maximum Gasteiger partial charge on any atom is 0.263 e. The lowest BCUT2D eigenvalue weighted by atomic mass is 10.2. The molecule has 0 amide bonds. The summed E-state index contributed by atoms with van der Waals surface area (Å²) in [6.45, 7) is 1.99. The van der Waals surface area contributed by atoms with E-state index in [9.17, 15) is 16.8 Å². The number of anilines is 2. The second-order valence-corrected chi connectivity index (χ2v) is 9.83. The minimum atomic E-state index is -3.78. The smallest absolute Gasteiger partial charge is 0.263 e. The fourth-order valence-corrected chi connectivity index (χ4v) is 5.12. The fourth-order valence-electron chi connectivity index (χ4n) is 2.27. The van der Waals surface area contributed by atoms with Crippen LogP contribution >= 0.6 is 11.3 Å². The van der Waals surface area contributed by atoms with Crippen molar-refractivity contribution in [2.75, 3.05) is 9.44 Å². The maximum absolute atomic E-state index is 12.4. The molecule has 0 saturated carbocycles. The predicted octanol–water partition coefficient (Wildman–Crippen LogP) is 3.31. The van der Waals surface area contributed by atoms with Gasteiger partial charge in [-0.1, -0.05) is 19.1 Å². The summed E-state index contributed by atoms with van der Waals surface area (Å²) in [4.78, 5) is 4.02. The van der Waals surface area contributed by atoms with E-state index in [-0.39, 0.29) is 20.6 Å². The number of nitrogens with one attached hydrogen (secondary N) is 2. The number of aromatic nitrogens is 1. The highest BCUT2D eigenvalue weighted by atomic mass is 32.2. The van der Waals surface area contributed by atoms with Crippen molar-refractivity contribution in [1.82, 2.24) is 4.98 Å². The molecule has 0 unspecified atom stereocenters. The van der Waals surface area contributed by atoms with Crippen molar-refractivity contribution in [1.29, 1.82) is 0 Å². The number of rotatable bonds is 7. The molecule has 0 bridgehead atoms. The van der Waals surface area contributed by atoms with Gasteiger partial charge >= 0.3 is 0 Å². The van der Waals surface area contributed by atoms with E-state index in [4.69, 9.17) is 0 Å². The van der Waals surface area contributed by atoms with Crippen LogP contribution in [0.25, 0.3) is 0 Å². The Morgan fingerprint density at radius 1 is 0.852 bits per heavy atom. The minimum absolute atomic E-state index is 0.00736. The Morgan fingerprint density at radius 2 is 1.41 bits per heavy atom. The highest BCUT2D eigenvalue weighted by molar-refractivity contribution is 7.93. The Labute approximate surface area is 162 Å². The van der Waals surface area contributed by atoms with Crippen LogP contribution in [0.4, 0.5) is 10.8 Å². The summed E-state index contributed by atoms with van der Waals surface area (Å²) in [6, 6.07) is 12.0. The zero-order valence-electron chi connectivity index (χ0n) is 14.3. The van der Waals surface area contributed by atoms with Crippen LogP contribution in [0.15, 0.2) is 69.9 Å². The van der Waals surface area contributed by atoms with Crippen molar-refractivity contribution in [3.8, 4) is 0 Å². The summed E-state index contributed by atoms with van der Waals surface area (Å²) < 4.78 is 54.3. The van der Waals surface area contributed by atoms with Crippen LogP contribution in [0, 0.1) is 0 Å². The molecule has 0 aliphatic heterocycles. The van der Waals surface area contributed by atoms with Crippen molar-refractivity contribution < 1.29 is 16.8 Å². The Balaban J connectivity index is 1.76.